The van der Waals surface area contributed by atoms with Gasteiger partial charge in [0.05, 0.1) is 10.5 Å². The Labute approximate surface area is 208 Å². The first-order valence-electron chi connectivity index (χ1n) is 11.4. The third kappa shape index (κ3) is 7.41. The lowest BCUT2D eigenvalue weighted by atomic mass is 10.2. The molecule has 0 spiro atoms. The Morgan fingerprint density at radius 1 is 1.03 bits per heavy atom. The van der Waals surface area contributed by atoms with E-state index >= 15 is 0 Å². The van der Waals surface area contributed by atoms with Crippen molar-refractivity contribution in [2.45, 2.75) is 49.8 Å². The maximum atomic E-state index is 12.8. The van der Waals surface area contributed by atoms with Crippen LogP contribution in [0.15, 0.2) is 59.5 Å². The number of halogens is 3. The topological polar surface area (TPSA) is 92.8 Å². The first-order valence-corrected chi connectivity index (χ1v) is 12.9. The molecular weight excluding hydrogens is 497 g/mol. The van der Waals surface area contributed by atoms with Crippen LogP contribution in [0.3, 0.4) is 0 Å². The predicted molar refractivity (Wildman–Crippen MR) is 128 cm³/mol. The van der Waals surface area contributed by atoms with E-state index < -0.39 is 39.7 Å². The number of anilines is 1. The van der Waals surface area contributed by atoms with E-state index in [0.29, 0.717) is 18.7 Å². The van der Waals surface area contributed by atoms with Crippen LogP contribution in [0.5, 0.6) is 0 Å². The van der Waals surface area contributed by atoms with Crippen molar-refractivity contribution in [1.82, 2.24) is 4.31 Å². The van der Waals surface area contributed by atoms with Crippen molar-refractivity contribution in [2.75, 3.05) is 18.4 Å². The molecule has 1 atom stereocenters. The second-order valence-electron chi connectivity index (χ2n) is 8.37. The minimum absolute atomic E-state index is 0.0801. The quantitative estimate of drug-likeness (QED) is 0.413. The molecule has 0 bridgehead atoms. The lowest BCUT2D eigenvalue weighted by molar-refractivity contribution is -0.148. The predicted octanol–water partition coefficient (Wildman–Crippen LogP) is 4.85. The maximum absolute atomic E-state index is 12.8. The largest absolute Gasteiger partial charge is 0.449 e. The third-order valence-electron chi connectivity index (χ3n) is 5.61. The van der Waals surface area contributed by atoms with E-state index in [1.807, 2.05) is 0 Å². The summed E-state index contributed by atoms with van der Waals surface area (Å²) in [4.78, 5) is 24.5. The van der Waals surface area contributed by atoms with Crippen LogP contribution < -0.4 is 5.32 Å². The van der Waals surface area contributed by atoms with Crippen molar-refractivity contribution in [2.24, 2.45) is 0 Å². The van der Waals surface area contributed by atoms with E-state index in [1.165, 1.54) is 35.5 Å². The zero-order valence-corrected chi connectivity index (χ0v) is 20.4. The minimum atomic E-state index is -4.56. The Morgan fingerprint density at radius 2 is 1.67 bits per heavy atom. The van der Waals surface area contributed by atoms with Gasteiger partial charge >= 0.3 is 12.1 Å². The number of nitrogens with one attached hydrogen (secondary N) is 1. The van der Waals surface area contributed by atoms with Crippen LogP contribution in [0, 0.1) is 0 Å². The molecule has 0 saturated carbocycles. The summed E-state index contributed by atoms with van der Waals surface area (Å²) in [5.41, 5.74) is -0.454. The molecule has 1 unspecified atom stereocenters. The molecule has 1 aliphatic heterocycles. The molecule has 1 amide bonds. The Balaban J connectivity index is 1.56. The molecule has 194 valence electrons. The first kappa shape index (κ1) is 27.4. The second kappa shape index (κ2) is 11.7. The molecule has 7 nitrogen and oxygen atoms in total. The van der Waals surface area contributed by atoms with Crippen molar-refractivity contribution in [3.8, 4) is 0 Å². The summed E-state index contributed by atoms with van der Waals surface area (Å²) in [6.07, 6.45) is 0.344. The van der Waals surface area contributed by atoms with Crippen LogP contribution in [0.2, 0.25) is 0 Å². The minimum Gasteiger partial charge on any atom is -0.449 e. The lowest BCUT2D eigenvalue weighted by Gasteiger charge is -2.19. The van der Waals surface area contributed by atoms with Gasteiger partial charge in [0, 0.05) is 24.9 Å². The van der Waals surface area contributed by atoms with Gasteiger partial charge in [0.2, 0.25) is 10.0 Å². The molecule has 2 aromatic carbocycles. The molecule has 0 aromatic heterocycles. The number of amides is 1. The van der Waals surface area contributed by atoms with Crippen molar-refractivity contribution >= 4 is 33.7 Å². The van der Waals surface area contributed by atoms with Gasteiger partial charge in [-0.05, 0) is 61.7 Å². The molecule has 2 aromatic rings. The van der Waals surface area contributed by atoms with E-state index in [0.717, 1.165) is 50.0 Å². The Kier molecular flexibility index (Phi) is 8.91. The summed E-state index contributed by atoms with van der Waals surface area (Å²) in [6, 6.07) is 10.1. The van der Waals surface area contributed by atoms with Crippen LogP contribution in [0.25, 0.3) is 6.08 Å². The number of ether oxygens (including phenoxy) is 1. The van der Waals surface area contributed by atoms with Crippen LogP contribution in [0.4, 0.5) is 18.9 Å². The zero-order valence-electron chi connectivity index (χ0n) is 19.6. The molecule has 1 heterocycles. The number of carbonyl (C=O) groups is 2. The van der Waals surface area contributed by atoms with Gasteiger partial charge in [-0.1, -0.05) is 31.0 Å². The normalized spacial score (nSPS) is 16.3. The Bertz CT molecular complexity index is 1200. The molecule has 0 aliphatic carbocycles. The van der Waals surface area contributed by atoms with Gasteiger partial charge in [0.1, 0.15) is 0 Å². The average molecular weight is 525 g/mol. The highest BCUT2D eigenvalue weighted by atomic mass is 32.2. The molecule has 36 heavy (non-hydrogen) atoms. The molecule has 1 saturated heterocycles. The molecule has 1 aliphatic rings. The van der Waals surface area contributed by atoms with Gasteiger partial charge < -0.3 is 10.1 Å². The van der Waals surface area contributed by atoms with Crippen molar-refractivity contribution < 1.29 is 35.9 Å². The summed E-state index contributed by atoms with van der Waals surface area (Å²) in [5, 5.41) is 2.28. The third-order valence-corrected chi connectivity index (χ3v) is 7.53. The SMILES string of the molecule is CC(OC(=O)/C=C/c1ccc(S(=O)(=O)N2CCCCCC2)cc1)C(=O)Nc1cccc(C(F)(F)F)c1. The Hall–Kier alpha value is -3.18. The fourth-order valence-electron chi connectivity index (χ4n) is 3.63. The van der Waals surface area contributed by atoms with Crippen molar-refractivity contribution in [1.29, 1.82) is 0 Å². The average Bonchev–Trinajstić information content (AvgIpc) is 3.13. The summed E-state index contributed by atoms with van der Waals surface area (Å²) < 4.78 is 70.6. The van der Waals surface area contributed by atoms with Gasteiger partial charge in [-0.3, -0.25) is 4.79 Å². The number of rotatable bonds is 7. The standard InChI is InChI=1S/C25H27F3N2O5S/c1-18(24(32)29-21-8-6-7-20(17-21)25(26,27)28)35-23(31)14-11-19-9-12-22(13-10-19)36(33,34)30-15-4-2-3-5-16-30/h6-14,17-18H,2-5,15-16H2,1H3,(H,29,32)/b14-11+. The molecule has 1 N–H and O–H groups in total. The summed E-state index contributed by atoms with van der Waals surface area (Å²) in [5.74, 6) is -1.64. The highest BCUT2D eigenvalue weighted by Gasteiger charge is 2.30. The van der Waals surface area contributed by atoms with Crippen molar-refractivity contribution in [3.05, 3.63) is 65.7 Å². The highest BCUT2D eigenvalue weighted by molar-refractivity contribution is 7.89. The molecular formula is C25H27F3N2O5S. The van der Waals surface area contributed by atoms with Gasteiger partial charge in [-0.2, -0.15) is 17.5 Å². The fraction of sp³-hybridized carbons (Fsp3) is 0.360. The zero-order chi connectivity index (χ0) is 26.3. The number of alkyl halides is 3. The van der Waals surface area contributed by atoms with Crippen LogP contribution in [0.1, 0.15) is 43.7 Å². The molecule has 11 heteroatoms. The van der Waals surface area contributed by atoms with E-state index in [4.69, 9.17) is 4.74 Å². The van der Waals surface area contributed by atoms with Gasteiger partial charge in [-0.25, -0.2) is 13.2 Å². The lowest BCUT2D eigenvalue weighted by Crippen LogP contribution is -2.31. The highest BCUT2D eigenvalue weighted by Crippen LogP contribution is 2.30. The molecule has 1 fully saturated rings. The molecule has 0 radical (unpaired) electrons. The van der Waals surface area contributed by atoms with Gasteiger partial charge in [0.25, 0.3) is 5.91 Å². The number of esters is 1. The summed E-state index contributed by atoms with van der Waals surface area (Å²) >= 11 is 0. The maximum Gasteiger partial charge on any atom is 0.416 e. The fourth-order valence-corrected chi connectivity index (χ4v) is 5.15. The monoisotopic (exact) mass is 524 g/mol. The summed E-state index contributed by atoms with van der Waals surface area (Å²) in [7, 11) is -3.58. The van der Waals surface area contributed by atoms with Gasteiger partial charge in [-0.15, -0.1) is 0 Å². The number of nitrogens with zero attached hydrogens (tertiary/aromatic N) is 1. The Morgan fingerprint density at radius 3 is 2.28 bits per heavy atom. The van der Waals surface area contributed by atoms with E-state index in [1.54, 1.807) is 12.1 Å². The van der Waals surface area contributed by atoms with Crippen LogP contribution >= 0.6 is 0 Å². The van der Waals surface area contributed by atoms with Crippen molar-refractivity contribution in [3.63, 3.8) is 0 Å². The van der Waals surface area contributed by atoms with Crippen LogP contribution in [-0.2, 0) is 30.5 Å². The number of benzene rings is 2. The van der Waals surface area contributed by atoms with E-state index in [-0.39, 0.29) is 10.6 Å². The number of hydrogen-bond donors (Lipinski definition) is 1. The van der Waals surface area contributed by atoms with Crippen LogP contribution in [-0.4, -0.2) is 43.8 Å². The van der Waals surface area contributed by atoms with E-state index in [9.17, 15) is 31.2 Å². The number of sulfonamides is 1. The number of hydrogen-bond acceptors (Lipinski definition) is 5. The second-order valence-corrected chi connectivity index (χ2v) is 10.3. The molecule has 3 rings (SSSR count). The first-order chi connectivity index (χ1) is 17.0. The number of carbonyl (C=O) groups excluding carboxylic acids is 2. The van der Waals surface area contributed by atoms with Gasteiger partial charge in [0.15, 0.2) is 6.10 Å². The summed E-state index contributed by atoms with van der Waals surface area (Å²) in [6.45, 7) is 2.28. The smallest absolute Gasteiger partial charge is 0.416 e. The van der Waals surface area contributed by atoms with E-state index in [2.05, 4.69) is 5.32 Å².